The second-order valence-corrected chi connectivity index (χ2v) is 10.4. The summed E-state index contributed by atoms with van der Waals surface area (Å²) in [5, 5.41) is 7.99. The first kappa shape index (κ1) is 20.6. The molecule has 0 aliphatic rings. The predicted octanol–water partition coefficient (Wildman–Crippen LogP) is 8.08. The van der Waals surface area contributed by atoms with Crippen molar-refractivity contribution < 1.29 is 19.4 Å². The lowest BCUT2D eigenvalue weighted by Crippen LogP contribution is -2.18. The van der Waals surface area contributed by atoms with Crippen molar-refractivity contribution in [1.29, 1.82) is 0 Å². The molecule has 0 saturated heterocycles. The summed E-state index contributed by atoms with van der Waals surface area (Å²) in [5.41, 5.74) is 2.54. The standard InChI is InChI=1S/C20H23F5N2S/c1-14(15-5-8-18(9-6-15)28(21,22,23,24)25)10-11-20(2,3)17-7-4-16-13-26-27-19(16)12-17/h4-9,12-14H,10-11H2,1-3H3,(H,26,27). The van der Waals surface area contributed by atoms with Gasteiger partial charge in [-0.15, -0.1) is 0 Å². The molecule has 0 aliphatic heterocycles. The van der Waals surface area contributed by atoms with Crippen LogP contribution in [-0.4, -0.2) is 10.2 Å². The van der Waals surface area contributed by atoms with Gasteiger partial charge in [-0.2, -0.15) is 5.10 Å². The number of aromatic amines is 1. The van der Waals surface area contributed by atoms with Crippen LogP contribution >= 0.6 is 10.2 Å². The lowest BCUT2D eigenvalue weighted by atomic mass is 9.78. The van der Waals surface area contributed by atoms with Gasteiger partial charge in [-0.05, 0) is 53.5 Å². The highest BCUT2D eigenvalue weighted by atomic mass is 32.5. The molecule has 2 nitrogen and oxygen atoms in total. The van der Waals surface area contributed by atoms with Crippen LogP contribution in [0.2, 0.25) is 0 Å². The molecule has 0 amide bonds. The van der Waals surface area contributed by atoms with Crippen molar-refractivity contribution in [2.24, 2.45) is 0 Å². The molecule has 0 saturated carbocycles. The number of fused-ring (bicyclic) bond motifs is 1. The largest absolute Gasteiger partial charge is 0.310 e. The molecule has 3 rings (SSSR count). The molecule has 0 bridgehead atoms. The van der Waals surface area contributed by atoms with Crippen LogP contribution in [0.3, 0.4) is 0 Å². The van der Waals surface area contributed by atoms with E-state index in [1.165, 1.54) is 0 Å². The maximum atomic E-state index is 12.9. The Bertz CT molecular complexity index is 992. The van der Waals surface area contributed by atoms with Crippen LogP contribution in [-0.2, 0) is 5.41 Å². The average molecular weight is 418 g/mol. The van der Waals surface area contributed by atoms with Crippen LogP contribution in [0, 0.1) is 0 Å². The highest BCUT2D eigenvalue weighted by molar-refractivity contribution is 8.45. The molecule has 0 aliphatic carbocycles. The van der Waals surface area contributed by atoms with Crippen molar-refractivity contribution in [3.05, 3.63) is 59.8 Å². The third kappa shape index (κ3) is 4.48. The smallest absolute Gasteiger partial charge is 0.278 e. The summed E-state index contributed by atoms with van der Waals surface area (Å²) < 4.78 is 64.3. The zero-order valence-electron chi connectivity index (χ0n) is 15.9. The van der Waals surface area contributed by atoms with Gasteiger partial charge < -0.3 is 0 Å². The minimum atomic E-state index is -9.62. The Morgan fingerprint density at radius 1 is 1.00 bits per heavy atom. The summed E-state index contributed by atoms with van der Waals surface area (Å²) in [7, 11) is -9.62. The number of rotatable bonds is 6. The van der Waals surface area contributed by atoms with E-state index in [9.17, 15) is 19.4 Å². The van der Waals surface area contributed by atoms with Gasteiger partial charge in [0.2, 0.25) is 0 Å². The van der Waals surface area contributed by atoms with Crippen LogP contribution in [0.25, 0.3) is 10.9 Å². The van der Waals surface area contributed by atoms with Gasteiger partial charge in [-0.1, -0.05) is 64.5 Å². The first-order chi connectivity index (χ1) is 12.7. The lowest BCUT2D eigenvalue weighted by molar-refractivity contribution is 0.364. The third-order valence-electron chi connectivity index (χ3n) is 5.32. The molecule has 2 aromatic carbocycles. The van der Waals surface area contributed by atoms with E-state index in [-0.39, 0.29) is 11.3 Å². The summed E-state index contributed by atoms with van der Waals surface area (Å²) in [6.45, 7) is 6.10. The molecule has 1 unspecified atom stereocenters. The van der Waals surface area contributed by atoms with E-state index in [1.807, 2.05) is 19.1 Å². The molecule has 1 heterocycles. The Kier molecular flexibility index (Phi) is 4.39. The van der Waals surface area contributed by atoms with Crippen molar-refractivity contribution in [1.82, 2.24) is 10.2 Å². The highest BCUT2D eigenvalue weighted by Crippen LogP contribution is 3.02. The molecule has 3 aromatic rings. The second-order valence-electron chi connectivity index (χ2n) is 8.03. The molecule has 1 aromatic heterocycles. The fraction of sp³-hybridized carbons (Fsp3) is 0.350. The molecule has 0 radical (unpaired) electrons. The summed E-state index contributed by atoms with van der Waals surface area (Å²) in [4.78, 5) is -1.84. The van der Waals surface area contributed by atoms with Crippen LogP contribution in [0.15, 0.2) is 53.6 Å². The summed E-state index contributed by atoms with van der Waals surface area (Å²) in [5.74, 6) is -0.0530. The van der Waals surface area contributed by atoms with Gasteiger partial charge in [0.1, 0.15) is 4.90 Å². The van der Waals surface area contributed by atoms with Gasteiger partial charge in [0.15, 0.2) is 0 Å². The highest BCUT2D eigenvalue weighted by Gasteiger charge is 2.65. The minimum Gasteiger partial charge on any atom is -0.278 e. The molecule has 8 heteroatoms. The zero-order chi connectivity index (χ0) is 20.9. The van der Waals surface area contributed by atoms with Gasteiger partial charge in [-0.3, -0.25) is 5.10 Å². The maximum Gasteiger partial charge on any atom is 0.310 e. The number of nitrogens with zero attached hydrogens (tertiary/aromatic N) is 1. The van der Waals surface area contributed by atoms with Crippen LogP contribution in [0.1, 0.15) is 50.7 Å². The number of H-pyrrole nitrogens is 1. The molecule has 1 atom stereocenters. The van der Waals surface area contributed by atoms with Gasteiger partial charge >= 0.3 is 10.2 Å². The van der Waals surface area contributed by atoms with E-state index in [2.05, 4.69) is 30.1 Å². The lowest BCUT2D eigenvalue weighted by Gasteiger charge is -2.40. The van der Waals surface area contributed by atoms with E-state index < -0.39 is 15.1 Å². The first-order valence-electron chi connectivity index (χ1n) is 8.93. The van der Waals surface area contributed by atoms with Crippen LogP contribution in [0.4, 0.5) is 19.4 Å². The van der Waals surface area contributed by atoms with E-state index in [0.29, 0.717) is 24.1 Å². The summed E-state index contributed by atoms with van der Waals surface area (Å²) >= 11 is 0. The second kappa shape index (κ2) is 5.95. The van der Waals surface area contributed by atoms with E-state index >= 15 is 0 Å². The van der Waals surface area contributed by atoms with Crippen molar-refractivity contribution in [2.75, 3.05) is 0 Å². The average Bonchev–Trinajstić information content (AvgIpc) is 3.05. The fourth-order valence-corrected chi connectivity index (χ4v) is 3.95. The summed E-state index contributed by atoms with van der Waals surface area (Å²) in [6, 6.07) is 9.39. The van der Waals surface area contributed by atoms with E-state index in [0.717, 1.165) is 35.0 Å². The Morgan fingerprint density at radius 3 is 2.25 bits per heavy atom. The molecular weight excluding hydrogens is 395 g/mol. The molecular formula is C20H23F5N2S. The Balaban J connectivity index is 1.71. The zero-order valence-corrected chi connectivity index (χ0v) is 16.7. The molecule has 28 heavy (non-hydrogen) atoms. The molecule has 1 N–H and O–H groups in total. The number of benzene rings is 2. The van der Waals surface area contributed by atoms with Crippen molar-refractivity contribution in [2.45, 2.75) is 49.8 Å². The monoisotopic (exact) mass is 418 g/mol. The first-order valence-corrected chi connectivity index (χ1v) is 10.9. The van der Waals surface area contributed by atoms with Crippen molar-refractivity contribution in [3.63, 3.8) is 0 Å². The predicted molar refractivity (Wildman–Crippen MR) is 105 cm³/mol. The van der Waals surface area contributed by atoms with Gasteiger partial charge in [0.25, 0.3) is 0 Å². The van der Waals surface area contributed by atoms with Gasteiger partial charge in [0, 0.05) is 5.39 Å². The van der Waals surface area contributed by atoms with Crippen molar-refractivity contribution in [3.8, 4) is 0 Å². The Hall–Kier alpha value is -2.09. The summed E-state index contributed by atoms with van der Waals surface area (Å²) in [6.07, 6.45) is 3.26. The number of halogens is 5. The van der Waals surface area contributed by atoms with Gasteiger partial charge in [0.05, 0.1) is 11.7 Å². The normalized spacial score (nSPS) is 16.6. The Labute approximate surface area is 160 Å². The van der Waals surface area contributed by atoms with Crippen LogP contribution < -0.4 is 0 Å². The van der Waals surface area contributed by atoms with E-state index in [4.69, 9.17) is 0 Å². The number of nitrogens with one attached hydrogen (secondary N) is 1. The van der Waals surface area contributed by atoms with Crippen molar-refractivity contribution >= 4 is 21.1 Å². The number of aromatic nitrogens is 2. The van der Waals surface area contributed by atoms with Crippen LogP contribution in [0.5, 0.6) is 0 Å². The maximum absolute atomic E-state index is 12.9. The number of hydrogen-bond donors (Lipinski definition) is 1. The minimum absolute atomic E-state index is 0.0530. The molecule has 154 valence electrons. The van der Waals surface area contributed by atoms with Gasteiger partial charge in [-0.25, -0.2) is 0 Å². The SMILES string of the molecule is CC(CCC(C)(C)c1ccc2cn[nH]c2c1)c1ccc(S(F)(F)(F)(F)F)cc1. The topological polar surface area (TPSA) is 28.7 Å². The number of hydrogen-bond acceptors (Lipinski definition) is 1. The third-order valence-corrected chi connectivity index (χ3v) is 6.48. The fourth-order valence-electron chi connectivity index (χ4n) is 3.30. The van der Waals surface area contributed by atoms with E-state index in [1.54, 1.807) is 6.20 Å². The molecule has 0 spiro atoms. The Morgan fingerprint density at radius 2 is 1.64 bits per heavy atom. The quantitative estimate of drug-likeness (QED) is 0.403. The molecule has 0 fully saturated rings.